The van der Waals surface area contributed by atoms with Gasteiger partial charge in [0.1, 0.15) is 6.04 Å². The Kier molecular flexibility index (Phi) is 9.27. The minimum atomic E-state index is -4.89. The van der Waals surface area contributed by atoms with Crippen molar-refractivity contribution in [3.05, 3.63) is 54.1 Å². The van der Waals surface area contributed by atoms with E-state index >= 15 is 0 Å². The molecule has 2 atom stereocenters. The predicted octanol–water partition coefficient (Wildman–Crippen LogP) is 2.08. The van der Waals surface area contributed by atoms with E-state index in [4.69, 9.17) is 5.73 Å². The molecule has 4 N–H and O–H groups in total. The monoisotopic (exact) mass is 472 g/mol. The highest BCUT2D eigenvalue weighted by Crippen LogP contribution is 2.21. The molecule has 0 radical (unpaired) electrons. The summed E-state index contributed by atoms with van der Waals surface area (Å²) in [6.45, 7) is -0.253. The molecule has 1 heterocycles. The van der Waals surface area contributed by atoms with Crippen LogP contribution in [0.2, 0.25) is 0 Å². The van der Waals surface area contributed by atoms with E-state index < -0.39 is 41.7 Å². The van der Waals surface area contributed by atoms with Gasteiger partial charge in [0.15, 0.2) is 5.82 Å². The quantitative estimate of drug-likeness (QED) is 0.406. The molecule has 0 spiro atoms. The largest absolute Gasteiger partial charge is 0.450 e. The fourth-order valence-corrected chi connectivity index (χ4v) is 3.78. The van der Waals surface area contributed by atoms with E-state index in [1.54, 1.807) is 30.3 Å². The van der Waals surface area contributed by atoms with Gasteiger partial charge in [-0.3, -0.25) is 14.4 Å². The number of nitrogens with two attached hydrogens (primary N) is 1. The summed E-state index contributed by atoms with van der Waals surface area (Å²) in [6.07, 6.45) is -2.97. The van der Waals surface area contributed by atoms with Gasteiger partial charge in [-0.2, -0.15) is 24.9 Å². The summed E-state index contributed by atoms with van der Waals surface area (Å²) >= 11 is 0.778. The number of H-pyrrole nitrogens is 1. The van der Waals surface area contributed by atoms with Crippen LogP contribution >= 0.6 is 11.8 Å². The molecule has 174 valence electrons. The van der Waals surface area contributed by atoms with E-state index in [0.29, 0.717) is 5.56 Å². The molecule has 0 aliphatic rings. The van der Waals surface area contributed by atoms with Gasteiger partial charge >= 0.3 is 6.18 Å². The third-order valence-electron chi connectivity index (χ3n) is 4.54. The van der Waals surface area contributed by atoms with Gasteiger partial charge in [0, 0.05) is 12.4 Å². The molecule has 0 bridgehead atoms. The van der Waals surface area contributed by atoms with Crippen LogP contribution in [0.3, 0.4) is 0 Å². The van der Waals surface area contributed by atoms with Gasteiger partial charge in [0.25, 0.3) is 5.91 Å². The number of primary amides is 1. The van der Waals surface area contributed by atoms with Crippen LogP contribution in [0.15, 0.2) is 42.7 Å². The molecule has 2 rings (SSSR count). The lowest BCUT2D eigenvalue weighted by Gasteiger charge is -2.31. The normalized spacial score (nSPS) is 13.4. The molecule has 0 aliphatic heterocycles. The van der Waals surface area contributed by atoms with E-state index in [0.717, 1.165) is 16.7 Å². The highest BCUT2D eigenvalue weighted by atomic mass is 32.2. The van der Waals surface area contributed by atoms with Crippen molar-refractivity contribution in [2.45, 2.75) is 31.2 Å². The van der Waals surface area contributed by atoms with Crippen LogP contribution in [0, 0.1) is 0 Å². The van der Waals surface area contributed by atoms with E-state index in [1.165, 1.54) is 12.4 Å². The number of aliphatic hydroxyl groups excluding tert-OH is 1. The Morgan fingerprint density at radius 2 is 1.91 bits per heavy atom. The zero-order chi connectivity index (χ0) is 23.7. The number of aromatic amines is 1. The summed E-state index contributed by atoms with van der Waals surface area (Å²) in [5.41, 5.74) is 6.03. The van der Waals surface area contributed by atoms with Crippen molar-refractivity contribution in [3.8, 4) is 0 Å². The molecule has 0 saturated carbocycles. The Hall–Kier alpha value is -2.86. The lowest BCUT2D eigenvalue weighted by Crippen LogP contribution is -2.50. The van der Waals surface area contributed by atoms with Crippen LogP contribution in [0.5, 0.6) is 0 Å². The number of ketones is 1. The van der Waals surface area contributed by atoms with Crippen molar-refractivity contribution in [2.24, 2.45) is 5.73 Å². The molecule has 32 heavy (non-hydrogen) atoms. The number of alkyl halides is 3. The number of hydrogen-bond acceptors (Lipinski definition) is 6. The Balaban J connectivity index is 2.08. The van der Waals surface area contributed by atoms with Crippen molar-refractivity contribution in [2.75, 3.05) is 18.1 Å². The summed E-state index contributed by atoms with van der Waals surface area (Å²) < 4.78 is 36.8. The molecule has 12 heteroatoms. The Bertz CT molecular complexity index is 894. The minimum Gasteiger partial charge on any atom is -0.387 e. The number of Topliss-reactive ketones (excluding diaryl/α,β-unsaturated/α-hetero) is 1. The molecule has 0 saturated heterocycles. The number of halogens is 3. The molecule has 0 fully saturated rings. The first-order chi connectivity index (χ1) is 15.1. The van der Waals surface area contributed by atoms with Crippen molar-refractivity contribution in [1.82, 2.24) is 14.9 Å². The van der Waals surface area contributed by atoms with Crippen molar-refractivity contribution in [1.29, 1.82) is 0 Å². The minimum absolute atomic E-state index is 0.0382. The van der Waals surface area contributed by atoms with Crippen molar-refractivity contribution < 1.29 is 32.7 Å². The number of rotatable bonds is 12. The van der Waals surface area contributed by atoms with Gasteiger partial charge in [-0.15, -0.1) is 0 Å². The summed E-state index contributed by atoms with van der Waals surface area (Å²) in [5.74, 6) is -3.96. The van der Waals surface area contributed by atoms with Crippen LogP contribution in [-0.4, -0.2) is 67.8 Å². The summed E-state index contributed by atoms with van der Waals surface area (Å²) in [5, 5.41) is 10.6. The number of thioether (sulfide) groups is 1. The first-order valence-corrected chi connectivity index (χ1v) is 10.8. The van der Waals surface area contributed by atoms with Crippen molar-refractivity contribution in [3.63, 3.8) is 0 Å². The van der Waals surface area contributed by atoms with E-state index in [2.05, 4.69) is 9.97 Å². The third-order valence-corrected chi connectivity index (χ3v) is 5.58. The molecule has 1 aromatic heterocycles. The summed E-state index contributed by atoms with van der Waals surface area (Å²) in [6, 6.07) is 7.37. The topological polar surface area (TPSA) is 129 Å². The smallest absolute Gasteiger partial charge is 0.387 e. The average Bonchev–Trinajstić information content (AvgIpc) is 3.29. The third kappa shape index (κ3) is 7.38. The van der Waals surface area contributed by atoms with Crippen LogP contribution in [0.4, 0.5) is 13.2 Å². The number of nitrogens with one attached hydrogen (secondary N) is 1. The highest BCUT2D eigenvalue weighted by Gasteiger charge is 2.37. The summed E-state index contributed by atoms with van der Waals surface area (Å²) in [7, 11) is 0. The van der Waals surface area contributed by atoms with Crippen LogP contribution in [-0.2, 0) is 9.59 Å². The van der Waals surface area contributed by atoms with Crippen LogP contribution in [0.1, 0.15) is 35.1 Å². The Morgan fingerprint density at radius 3 is 2.47 bits per heavy atom. The maximum absolute atomic E-state index is 12.9. The van der Waals surface area contributed by atoms with Gasteiger partial charge in [0.05, 0.1) is 18.4 Å². The molecular formula is C20H23F3N4O4S. The number of nitrogens with zero attached hydrogens (tertiary/aromatic N) is 2. The number of carbonyl (C=O) groups excluding carboxylic acids is 3. The SMILES string of the molecule is NC(=O)[C@H](CCCSCC(=O)C(F)(F)F)N(CC(O)c1ccccc1)C(=O)c1ncc[nH]1. The maximum atomic E-state index is 12.9. The molecule has 8 nitrogen and oxygen atoms in total. The maximum Gasteiger partial charge on any atom is 0.450 e. The van der Waals surface area contributed by atoms with Gasteiger partial charge in [0.2, 0.25) is 11.7 Å². The number of aliphatic hydroxyl groups is 1. The number of aromatic nitrogens is 2. The zero-order valence-electron chi connectivity index (χ0n) is 16.9. The first-order valence-electron chi connectivity index (χ1n) is 9.61. The first kappa shape index (κ1) is 25.4. The highest BCUT2D eigenvalue weighted by molar-refractivity contribution is 7.99. The predicted molar refractivity (Wildman–Crippen MR) is 112 cm³/mol. The van der Waals surface area contributed by atoms with Gasteiger partial charge < -0.3 is 20.7 Å². The number of benzene rings is 1. The van der Waals surface area contributed by atoms with E-state index in [-0.39, 0.29) is 31.0 Å². The molecule has 2 aromatic rings. The van der Waals surface area contributed by atoms with Gasteiger partial charge in [-0.25, -0.2) is 4.98 Å². The van der Waals surface area contributed by atoms with E-state index in [9.17, 15) is 32.7 Å². The standard InChI is InChI=1S/C20H23F3N4O4S/c21-20(22,23)16(29)12-32-10-4-7-14(17(24)30)27(19(31)18-25-8-9-26-18)11-15(28)13-5-2-1-3-6-13/h1-3,5-6,8-9,14-15,28H,4,7,10-12H2,(H2,24,30)(H,25,26)/t14-,15?/m0/s1. The molecule has 1 aromatic carbocycles. The fourth-order valence-electron chi connectivity index (χ4n) is 2.91. The van der Waals surface area contributed by atoms with E-state index in [1.807, 2.05) is 0 Å². The second-order valence-corrected chi connectivity index (χ2v) is 7.96. The number of imidazole rings is 1. The number of hydrogen-bond donors (Lipinski definition) is 3. The van der Waals surface area contributed by atoms with Crippen LogP contribution < -0.4 is 5.73 Å². The Morgan fingerprint density at radius 1 is 1.22 bits per heavy atom. The second-order valence-electron chi connectivity index (χ2n) is 6.86. The molecule has 0 aliphatic carbocycles. The second kappa shape index (κ2) is 11.7. The Labute approximate surface area is 186 Å². The number of carbonyl (C=O) groups is 3. The molecule has 2 amide bonds. The van der Waals surface area contributed by atoms with Crippen molar-refractivity contribution >= 4 is 29.4 Å². The van der Waals surface area contributed by atoms with Gasteiger partial charge in [-0.1, -0.05) is 30.3 Å². The average molecular weight is 472 g/mol. The number of amides is 2. The zero-order valence-corrected chi connectivity index (χ0v) is 17.7. The lowest BCUT2D eigenvalue weighted by atomic mass is 10.1. The van der Waals surface area contributed by atoms with Gasteiger partial charge in [-0.05, 0) is 24.2 Å². The van der Waals surface area contributed by atoms with Crippen LogP contribution in [0.25, 0.3) is 0 Å². The molecular weight excluding hydrogens is 449 g/mol. The lowest BCUT2D eigenvalue weighted by molar-refractivity contribution is -0.167. The molecule has 1 unspecified atom stereocenters. The fraction of sp³-hybridized carbons (Fsp3) is 0.400. The summed E-state index contributed by atoms with van der Waals surface area (Å²) in [4.78, 5) is 43.7.